The number of nitrogens with two attached hydrogens (primary N) is 2. The van der Waals surface area contributed by atoms with Gasteiger partial charge in [-0.3, -0.25) is 10.8 Å². The van der Waals surface area contributed by atoms with E-state index in [4.69, 9.17) is 26.7 Å². The Morgan fingerprint density at radius 3 is 1.58 bits per heavy atom. The Morgan fingerprint density at radius 1 is 0.692 bits per heavy atom. The molecule has 1 aliphatic rings. The molecule has 1 heterocycles. The molecule has 0 spiro atoms. The quantitative estimate of drug-likeness (QED) is 0.416. The maximum Gasteiger partial charge on any atom is 0.134 e. The first-order valence-corrected chi connectivity index (χ1v) is 8.53. The maximum absolute atomic E-state index is 7.41. The Balaban J connectivity index is 0.000000592. The van der Waals surface area contributed by atoms with E-state index < -0.39 is 0 Å². The van der Waals surface area contributed by atoms with Crippen LogP contribution in [0.2, 0.25) is 0 Å². The van der Waals surface area contributed by atoms with Gasteiger partial charge in [0.1, 0.15) is 17.4 Å². The second kappa shape index (κ2) is 7.70. The van der Waals surface area contributed by atoms with Crippen molar-refractivity contribution in [3.63, 3.8) is 0 Å². The topological polar surface area (TPSA) is 113 Å². The van der Waals surface area contributed by atoms with Crippen LogP contribution in [0, 0.1) is 10.8 Å². The highest BCUT2D eigenvalue weighted by Gasteiger charge is 2.07. The minimum Gasteiger partial charge on any atom is -0.464 e. The zero-order valence-corrected chi connectivity index (χ0v) is 14.5. The van der Waals surface area contributed by atoms with E-state index in [1.54, 1.807) is 18.4 Å². The van der Waals surface area contributed by atoms with Crippen LogP contribution in [0.25, 0.3) is 22.5 Å². The molecule has 0 amide bonds. The van der Waals surface area contributed by atoms with Crippen molar-refractivity contribution in [3.8, 4) is 22.5 Å². The molecule has 0 aliphatic heterocycles. The molecule has 132 valence electrons. The van der Waals surface area contributed by atoms with Crippen LogP contribution in [0.3, 0.4) is 0 Å². The lowest BCUT2D eigenvalue weighted by molar-refractivity contribution is 0.583. The SMILES string of the molecule is C1CC1.N=C(N)c1ccc(-c2coc(-c3ccc(C(=N)N)cc3)c2)cc1. The minimum absolute atomic E-state index is 0.0437. The van der Waals surface area contributed by atoms with Crippen molar-refractivity contribution in [2.24, 2.45) is 11.5 Å². The molecule has 1 aliphatic carbocycles. The number of furan rings is 1. The highest BCUT2D eigenvalue weighted by Crippen LogP contribution is 2.28. The molecule has 1 aromatic heterocycles. The van der Waals surface area contributed by atoms with E-state index in [1.165, 1.54) is 19.3 Å². The van der Waals surface area contributed by atoms with Gasteiger partial charge < -0.3 is 15.9 Å². The predicted molar refractivity (Wildman–Crippen MR) is 105 cm³/mol. The maximum atomic E-state index is 7.41. The van der Waals surface area contributed by atoms with Crippen molar-refractivity contribution in [3.05, 3.63) is 72.0 Å². The van der Waals surface area contributed by atoms with Crippen molar-refractivity contribution >= 4 is 11.7 Å². The lowest BCUT2D eigenvalue weighted by Crippen LogP contribution is -2.10. The number of hydrogen-bond donors (Lipinski definition) is 4. The van der Waals surface area contributed by atoms with Crippen molar-refractivity contribution in [1.29, 1.82) is 10.8 Å². The third-order valence-electron chi connectivity index (χ3n) is 3.96. The Hall–Kier alpha value is -3.34. The Kier molecular flexibility index (Phi) is 5.17. The molecule has 0 radical (unpaired) electrons. The summed E-state index contributed by atoms with van der Waals surface area (Å²) < 4.78 is 5.63. The number of nitrogens with one attached hydrogen (secondary N) is 2. The lowest BCUT2D eigenvalue weighted by Gasteiger charge is -2.00. The minimum atomic E-state index is 0.0437. The van der Waals surface area contributed by atoms with Gasteiger partial charge in [0.05, 0.1) is 6.26 Å². The Labute approximate surface area is 152 Å². The molecule has 0 bridgehead atoms. The van der Waals surface area contributed by atoms with Crippen LogP contribution < -0.4 is 11.5 Å². The number of rotatable bonds is 4. The van der Waals surface area contributed by atoms with Gasteiger partial charge in [0, 0.05) is 22.3 Å². The molecule has 0 unspecified atom stereocenters. The summed E-state index contributed by atoms with van der Waals surface area (Å²) >= 11 is 0. The van der Waals surface area contributed by atoms with Crippen LogP contribution in [0.15, 0.2) is 65.3 Å². The van der Waals surface area contributed by atoms with Crippen LogP contribution in [0.4, 0.5) is 0 Å². The van der Waals surface area contributed by atoms with Crippen molar-refractivity contribution in [1.82, 2.24) is 0 Å². The van der Waals surface area contributed by atoms with Crippen LogP contribution in [-0.4, -0.2) is 11.7 Å². The van der Waals surface area contributed by atoms with Crippen LogP contribution in [-0.2, 0) is 0 Å². The second-order valence-electron chi connectivity index (χ2n) is 6.24. The van der Waals surface area contributed by atoms with E-state index in [1.807, 2.05) is 42.5 Å². The van der Waals surface area contributed by atoms with E-state index in [9.17, 15) is 0 Å². The summed E-state index contributed by atoms with van der Waals surface area (Å²) in [5.41, 5.74) is 15.1. The molecule has 0 atom stereocenters. The number of amidine groups is 2. The summed E-state index contributed by atoms with van der Waals surface area (Å²) in [6, 6.07) is 16.7. The third kappa shape index (κ3) is 4.39. The number of benzene rings is 2. The third-order valence-corrected chi connectivity index (χ3v) is 3.96. The summed E-state index contributed by atoms with van der Waals surface area (Å²) in [7, 11) is 0. The molecule has 6 N–H and O–H groups in total. The van der Waals surface area contributed by atoms with E-state index in [0.29, 0.717) is 11.1 Å². The van der Waals surface area contributed by atoms with Gasteiger partial charge in [0.2, 0.25) is 0 Å². The fraction of sp³-hybridized carbons (Fsp3) is 0.143. The summed E-state index contributed by atoms with van der Waals surface area (Å²) in [6.07, 6.45) is 6.19. The molecule has 1 saturated carbocycles. The highest BCUT2D eigenvalue weighted by molar-refractivity contribution is 5.96. The summed E-state index contributed by atoms with van der Waals surface area (Å²) in [4.78, 5) is 0. The Bertz CT molecular complexity index is 831. The first-order chi connectivity index (χ1) is 12.5. The molecule has 4 rings (SSSR count). The molecule has 26 heavy (non-hydrogen) atoms. The lowest BCUT2D eigenvalue weighted by atomic mass is 10.0. The molecule has 2 aromatic carbocycles. The Morgan fingerprint density at radius 2 is 1.15 bits per heavy atom. The smallest absolute Gasteiger partial charge is 0.134 e. The van der Waals surface area contributed by atoms with E-state index in [2.05, 4.69) is 0 Å². The van der Waals surface area contributed by atoms with Gasteiger partial charge in [-0.05, 0) is 11.6 Å². The fourth-order valence-corrected chi connectivity index (χ4v) is 2.30. The standard InChI is InChI=1S/C18H16N4O.C3H6/c19-17(20)13-5-1-11(2-6-13)15-9-16(23-10-15)12-3-7-14(8-4-12)18(21)22;1-2-3-1/h1-10H,(H3,19,20)(H3,21,22);1-3H2. The average molecular weight is 346 g/mol. The number of hydrogen-bond acceptors (Lipinski definition) is 3. The monoisotopic (exact) mass is 346 g/mol. The molecule has 1 fully saturated rings. The van der Waals surface area contributed by atoms with Gasteiger partial charge >= 0.3 is 0 Å². The van der Waals surface area contributed by atoms with Crippen LogP contribution in [0.5, 0.6) is 0 Å². The largest absolute Gasteiger partial charge is 0.464 e. The number of nitrogen functional groups attached to an aromatic ring is 2. The normalized spacial score (nSPS) is 12.0. The molecule has 0 saturated heterocycles. The van der Waals surface area contributed by atoms with Gasteiger partial charge in [-0.15, -0.1) is 0 Å². The summed E-state index contributed by atoms with van der Waals surface area (Å²) in [6.45, 7) is 0. The first-order valence-electron chi connectivity index (χ1n) is 8.53. The van der Waals surface area contributed by atoms with Gasteiger partial charge in [0.15, 0.2) is 0 Å². The molecule has 3 aromatic rings. The summed E-state index contributed by atoms with van der Waals surface area (Å²) in [5, 5.41) is 14.8. The first kappa shape index (κ1) is 17.5. The van der Waals surface area contributed by atoms with Crippen LogP contribution in [0.1, 0.15) is 30.4 Å². The molecule has 5 nitrogen and oxygen atoms in total. The summed E-state index contributed by atoms with van der Waals surface area (Å²) in [5.74, 6) is 0.836. The van der Waals surface area contributed by atoms with Gasteiger partial charge in [0.25, 0.3) is 0 Å². The van der Waals surface area contributed by atoms with Crippen molar-refractivity contribution in [2.75, 3.05) is 0 Å². The van der Waals surface area contributed by atoms with Crippen LogP contribution >= 0.6 is 0 Å². The second-order valence-corrected chi connectivity index (χ2v) is 6.24. The van der Waals surface area contributed by atoms with Gasteiger partial charge in [-0.25, -0.2) is 0 Å². The van der Waals surface area contributed by atoms with Crippen molar-refractivity contribution in [2.45, 2.75) is 19.3 Å². The molecular formula is C21H22N4O. The zero-order valence-electron chi connectivity index (χ0n) is 14.5. The van der Waals surface area contributed by atoms with E-state index in [0.717, 1.165) is 22.5 Å². The molecule has 5 heteroatoms. The zero-order chi connectivity index (χ0) is 18.5. The fourth-order valence-electron chi connectivity index (χ4n) is 2.30. The average Bonchev–Trinajstić information content (AvgIpc) is 3.46. The van der Waals surface area contributed by atoms with E-state index in [-0.39, 0.29) is 11.7 Å². The van der Waals surface area contributed by atoms with Gasteiger partial charge in [-0.2, -0.15) is 0 Å². The van der Waals surface area contributed by atoms with Gasteiger partial charge in [-0.1, -0.05) is 67.8 Å². The van der Waals surface area contributed by atoms with E-state index >= 15 is 0 Å². The predicted octanol–water partition coefficient (Wildman–Crippen LogP) is 4.35. The highest BCUT2D eigenvalue weighted by atomic mass is 16.3. The van der Waals surface area contributed by atoms with Crippen molar-refractivity contribution < 1.29 is 4.42 Å². The molecular weight excluding hydrogens is 324 g/mol.